The van der Waals surface area contributed by atoms with Gasteiger partial charge < -0.3 is 20.1 Å². The molecule has 4 heteroatoms. The van der Waals surface area contributed by atoms with Crippen LogP contribution in [0.4, 0.5) is 0 Å². The van der Waals surface area contributed by atoms with Crippen LogP contribution in [0.15, 0.2) is 13.2 Å². The van der Waals surface area contributed by atoms with E-state index in [0.717, 1.165) is 13.2 Å². The highest BCUT2D eigenvalue weighted by Gasteiger charge is 2.24. The van der Waals surface area contributed by atoms with Crippen LogP contribution in [0.25, 0.3) is 0 Å². The normalized spacial score (nSPS) is 9.62. The average Bonchev–Trinajstić information content (AvgIpc) is 2.37. The maximum Gasteiger partial charge on any atom is 0.0531 e. The smallest absolute Gasteiger partial charge is 0.0531 e. The second-order valence-electron chi connectivity index (χ2n) is 3.11. The van der Waals surface area contributed by atoms with Crippen LogP contribution in [0.1, 0.15) is 27.2 Å². The predicted molar refractivity (Wildman–Crippen MR) is 67.4 cm³/mol. The molecule has 16 heavy (non-hydrogen) atoms. The van der Waals surface area contributed by atoms with Gasteiger partial charge in [-0.25, -0.2) is 0 Å². The van der Waals surface area contributed by atoms with Crippen molar-refractivity contribution in [3.63, 3.8) is 0 Å². The van der Waals surface area contributed by atoms with E-state index in [9.17, 15) is 0 Å². The summed E-state index contributed by atoms with van der Waals surface area (Å²) in [5.41, 5.74) is -0.667. The zero-order valence-corrected chi connectivity index (χ0v) is 10.9. The summed E-state index contributed by atoms with van der Waals surface area (Å²) in [6, 6.07) is 0. The van der Waals surface area contributed by atoms with Gasteiger partial charge in [0.05, 0.1) is 19.8 Å². The van der Waals surface area contributed by atoms with Gasteiger partial charge in [0, 0.05) is 18.6 Å². The van der Waals surface area contributed by atoms with E-state index in [-0.39, 0.29) is 19.8 Å². The molecule has 0 aromatic carbocycles. The molecule has 3 N–H and O–H groups in total. The van der Waals surface area contributed by atoms with E-state index in [1.807, 2.05) is 20.8 Å². The Hall–Kier alpha value is -0.420. The summed E-state index contributed by atoms with van der Waals surface area (Å²) in [5, 5.41) is 26.0. The number of rotatable bonds is 6. The van der Waals surface area contributed by atoms with E-state index in [1.54, 1.807) is 0 Å². The van der Waals surface area contributed by atoms with E-state index in [1.165, 1.54) is 0 Å². The molecule has 0 aromatic heterocycles. The predicted octanol–water partition coefficient (Wildman–Crippen LogP) is 1.20. The summed E-state index contributed by atoms with van der Waals surface area (Å²) in [4.78, 5) is 0. The Kier molecular flexibility index (Phi) is 22.2. The number of hydrogen-bond donors (Lipinski definition) is 3. The molecular weight excluding hydrogens is 208 g/mol. The third kappa shape index (κ3) is 11.7. The Bertz CT molecular complexity index is 94.1. The molecule has 0 aromatic rings. The van der Waals surface area contributed by atoms with Crippen LogP contribution >= 0.6 is 0 Å². The van der Waals surface area contributed by atoms with Crippen LogP contribution in [0.5, 0.6) is 0 Å². The molecule has 0 amide bonds. The van der Waals surface area contributed by atoms with Gasteiger partial charge in [0.25, 0.3) is 0 Å². The van der Waals surface area contributed by atoms with E-state index in [4.69, 9.17) is 20.1 Å². The first-order valence-corrected chi connectivity index (χ1v) is 5.56. The van der Waals surface area contributed by atoms with Crippen LogP contribution in [-0.4, -0.2) is 48.4 Å². The van der Waals surface area contributed by atoms with Crippen LogP contribution < -0.4 is 0 Å². The fourth-order valence-electron chi connectivity index (χ4n) is 0.690. The molecule has 100 valence electrons. The summed E-state index contributed by atoms with van der Waals surface area (Å²) >= 11 is 0. The van der Waals surface area contributed by atoms with Crippen LogP contribution in [0, 0.1) is 5.41 Å². The Morgan fingerprint density at radius 2 is 1.19 bits per heavy atom. The molecule has 0 saturated carbocycles. The number of aliphatic hydroxyl groups is 3. The maximum absolute atomic E-state index is 8.66. The van der Waals surface area contributed by atoms with Gasteiger partial charge in [-0.2, -0.15) is 0 Å². The van der Waals surface area contributed by atoms with Crippen molar-refractivity contribution in [3.05, 3.63) is 13.2 Å². The first kappa shape index (κ1) is 20.9. The van der Waals surface area contributed by atoms with E-state index < -0.39 is 5.41 Å². The number of hydrogen-bond acceptors (Lipinski definition) is 4. The Labute approximate surface area is 99.6 Å². The molecule has 0 heterocycles. The fourth-order valence-corrected chi connectivity index (χ4v) is 0.690. The second-order valence-corrected chi connectivity index (χ2v) is 3.11. The molecule has 0 aliphatic heterocycles. The highest BCUT2D eigenvalue weighted by Crippen LogP contribution is 2.18. The standard InChI is InChI=1S/C6H14O3.C4H10O.C2H4/c1-2-6(3-7,4-8)5-9;1-3-5-4-2;1-2/h7-9H,2-5H2,1H3;3-4H2,1-2H3;1-2H2. The zero-order chi connectivity index (χ0) is 13.4. The second kappa shape index (κ2) is 17.0. The largest absolute Gasteiger partial charge is 0.396 e. The molecule has 0 aliphatic rings. The minimum absolute atomic E-state index is 0.156. The van der Waals surface area contributed by atoms with Crippen molar-refractivity contribution in [2.75, 3.05) is 33.0 Å². The van der Waals surface area contributed by atoms with Gasteiger partial charge in [0.15, 0.2) is 0 Å². The van der Waals surface area contributed by atoms with Gasteiger partial charge in [-0.05, 0) is 20.3 Å². The van der Waals surface area contributed by atoms with Crippen molar-refractivity contribution < 1.29 is 20.1 Å². The highest BCUT2D eigenvalue weighted by atomic mass is 16.5. The molecule has 0 radical (unpaired) electrons. The van der Waals surface area contributed by atoms with E-state index in [0.29, 0.717) is 6.42 Å². The van der Waals surface area contributed by atoms with Crippen molar-refractivity contribution in [1.29, 1.82) is 0 Å². The molecule has 0 saturated heterocycles. The van der Waals surface area contributed by atoms with Crippen molar-refractivity contribution in [1.82, 2.24) is 0 Å². The summed E-state index contributed by atoms with van der Waals surface area (Å²) in [7, 11) is 0. The third-order valence-electron chi connectivity index (χ3n) is 2.16. The zero-order valence-electron chi connectivity index (χ0n) is 10.9. The Morgan fingerprint density at radius 3 is 1.19 bits per heavy atom. The summed E-state index contributed by atoms with van der Waals surface area (Å²) in [6.45, 7) is 13.0. The lowest BCUT2D eigenvalue weighted by molar-refractivity contribution is 0.00304. The lowest BCUT2D eigenvalue weighted by Crippen LogP contribution is -2.32. The maximum atomic E-state index is 8.66. The van der Waals surface area contributed by atoms with E-state index in [2.05, 4.69) is 13.2 Å². The molecule has 0 fully saturated rings. The monoisotopic (exact) mass is 236 g/mol. The lowest BCUT2D eigenvalue weighted by Gasteiger charge is -2.24. The molecule has 0 unspecified atom stereocenters. The topological polar surface area (TPSA) is 69.9 Å². The SMILES string of the molecule is C=C.CCC(CO)(CO)CO.CCOCC. The van der Waals surface area contributed by atoms with E-state index >= 15 is 0 Å². The quantitative estimate of drug-likeness (QED) is 0.606. The molecule has 4 nitrogen and oxygen atoms in total. The Morgan fingerprint density at radius 1 is 0.875 bits per heavy atom. The molecule has 0 atom stereocenters. The summed E-state index contributed by atoms with van der Waals surface area (Å²) in [5.74, 6) is 0. The van der Waals surface area contributed by atoms with Crippen molar-refractivity contribution in [2.45, 2.75) is 27.2 Å². The molecule has 0 bridgehead atoms. The molecular formula is C12H28O4. The number of aliphatic hydroxyl groups excluding tert-OH is 3. The molecule has 0 rings (SSSR count). The van der Waals surface area contributed by atoms with Crippen LogP contribution in [0.3, 0.4) is 0 Å². The van der Waals surface area contributed by atoms with Crippen molar-refractivity contribution in [3.8, 4) is 0 Å². The van der Waals surface area contributed by atoms with Gasteiger partial charge in [0.2, 0.25) is 0 Å². The first-order valence-electron chi connectivity index (χ1n) is 5.56. The van der Waals surface area contributed by atoms with Gasteiger partial charge in [-0.1, -0.05) is 6.92 Å². The van der Waals surface area contributed by atoms with Gasteiger partial charge in [0.1, 0.15) is 0 Å². The van der Waals surface area contributed by atoms with Gasteiger partial charge in [-0.15, -0.1) is 13.2 Å². The fraction of sp³-hybridized carbons (Fsp3) is 0.833. The molecule has 0 spiro atoms. The summed E-state index contributed by atoms with van der Waals surface area (Å²) in [6.07, 6.45) is 0.594. The van der Waals surface area contributed by atoms with Crippen molar-refractivity contribution >= 4 is 0 Å². The average molecular weight is 236 g/mol. The van der Waals surface area contributed by atoms with Crippen molar-refractivity contribution in [2.24, 2.45) is 5.41 Å². The van der Waals surface area contributed by atoms with Crippen LogP contribution in [-0.2, 0) is 4.74 Å². The Balaban J connectivity index is -0.000000205. The first-order chi connectivity index (χ1) is 7.66. The third-order valence-corrected chi connectivity index (χ3v) is 2.16. The lowest BCUT2D eigenvalue weighted by atomic mass is 9.88. The van der Waals surface area contributed by atoms with Crippen LogP contribution in [0.2, 0.25) is 0 Å². The highest BCUT2D eigenvalue weighted by molar-refractivity contribution is 4.74. The molecule has 0 aliphatic carbocycles. The minimum atomic E-state index is -0.667. The summed E-state index contributed by atoms with van der Waals surface area (Å²) < 4.78 is 4.83. The van der Waals surface area contributed by atoms with Gasteiger partial charge >= 0.3 is 0 Å². The minimum Gasteiger partial charge on any atom is -0.396 e. The van der Waals surface area contributed by atoms with Gasteiger partial charge in [-0.3, -0.25) is 0 Å². The number of ether oxygens (including phenoxy) is 1.